The van der Waals surface area contributed by atoms with Crippen LogP contribution >= 0.6 is 0 Å². The summed E-state index contributed by atoms with van der Waals surface area (Å²) in [5, 5.41) is 4.16. The van der Waals surface area contributed by atoms with Crippen molar-refractivity contribution in [2.24, 2.45) is 12.9 Å². The van der Waals surface area contributed by atoms with Gasteiger partial charge in [0.15, 0.2) is 0 Å². The normalized spacial score (nSPS) is 12.4. The van der Waals surface area contributed by atoms with E-state index in [0.717, 1.165) is 22.4 Å². The summed E-state index contributed by atoms with van der Waals surface area (Å²) < 4.78 is 7.02. The molecular weight excluding hydrogens is 228 g/mol. The van der Waals surface area contributed by atoms with Crippen molar-refractivity contribution in [2.45, 2.75) is 13.0 Å². The van der Waals surface area contributed by atoms with E-state index in [0.29, 0.717) is 0 Å². The molecule has 5 nitrogen and oxygen atoms in total. The molecule has 0 bridgehead atoms. The zero-order valence-corrected chi connectivity index (χ0v) is 10.8. The number of hydrazine groups is 1. The van der Waals surface area contributed by atoms with E-state index < -0.39 is 0 Å². The molecule has 0 spiro atoms. The molecule has 18 heavy (non-hydrogen) atoms. The maximum Gasteiger partial charge on any atom is 0.121 e. The average Bonchev–Trinajstić information content (AvgIpc) is 2.77. The molecule has 0 aliphatic rings. The smallest absolute Gasteiger partial charge is 0.121 e. The van der Waals surface area contributed by atoms with E-state index in [-0.39, 0.29) is 6.04 Å². The minimum atomic E-state index is -0.0664. The fourth-order valence-electron chi connectivity index (χ4n) is 2.06. The molecule has 0 aliphatic carbocycles. The Morgan fingerprint density at radius 3 is 2.67 bits per heavy atom. The second kappa shape index (κ2) is 5.20. The van der Waals surface area contributed by atoms with Crippen molar-refractivity contribution in [1.29, 1.82) is 0 Å². The highest BCUT2D eigenvalue weighted by Gasteiger charge is 2.15. The second-order valence-corrected chi connectivity index (χ2v) is 4.28. The maximum atomic E-state index is 5.65. The third kappa shape index (κ3) is 2.37. The van der Waals surface area contributed by atoms with Gasteiger partial charge in [0.05, 0.1) is 19.3 Å². The van der Waals surface area contributed by atoms with Crippen LogP contribution in [0.4, 0.5) is 0 Å². The van der Waals surface area contributed by atoms with Crippen LogP contribution in [0.3, 0.4) is 0 Å². The SMILES string of the molecule is COc1ccc(C(NN)c2cnn(C)c2)cc1C. The molecular formula is C13H18N4O. The lowest BCUT2D eigenvalue weighted by atomic mass is 10.00. The number of nitrogens with zero attached hydrogens (tertiary/aromatic N) is 2. The zero-order chi connectivity index (χ0) is 13.1. The van der Waals surface area contributed by atoms with Gasteiger partial charge in [-0.25, -0.2) is 5.43 Å². The monoisotopic (exact) mass is 246 g/mol. The number of aryl methyl sites for hydroxylation is 2. The number of nitrogens with two attached hydrogens (primary N) is 1. The molecule has 0 amide bonds. The molecule has 5 heteroatoms. The van der Waals surface area contributed by atoms with Gasteiger partial charge in [0.25, 0.3) is 0 Å². The number of aromatic nitrogens is 2. The Kier molecular flexibility index (Phi) is 3.64. The van der Waals surface area contributed by atoms with Crippen molar-refractivity contribution >= 4 is 0 Å². The highest BCUT2D eigenvalue weighted by molar-refractivity contribution is 5.40. The van der Waals surface area contributed by atoms with E-state index >= 15 is 0 Å². The lowest BCUT2D eigenvalue weighted by molar-refractivity contribution is 0.411. The highest BCUT2D eigenvalue weighted by atomic mass is 16.5. The van der Waals surface area contributed by atoms with Gasteiger partial charge in [-0.15, -0.1) is 0 Å². The van der Waals surface area contributed by atoms with Gasteiger partial charge in [0, 0.05) is 18.8 Å². The lowest BCUT2D eigenvalue weighted by Crippen LogP contribution is -2.28. The molecule has 2 rings (SSSR count). The van der Waals surface area contributed by atoms with Crippen LogP contribution in [0.15, 0.2) is 30.6 Å². The maximum absolute atomic E-state index is 5.65. The molecule has 3 N–H and O–H groups in total. The summed E-state index contributed by atoms with van der Waals surface area (Å²) in [5.74, 6) is 6.52. The van der Waals surface area contributed by atoms with Crippen LogP contribution in [0.5, 0.6) is 5.75 Å². The van der Waals surface area contributed by atoms with Crippen LogP contribution in [0.1, 0.15) is 22.7 Å². The van der Waals surface area contributed by atoms with Crippen molar-refractivity contribution in [3.63, 3.8) is 0 Å². The average molecular weight is 246 g/mol. The van der Waals surface area contributed by atoms with E-state index in [1.165, 1.54) is 0 Å². The first-order chi connectivity index (χ1) is 8.65. The molecule has 1 atom stereocenters. The summed E-state index contributed by atoms with van der Waals surface area (Å²) in [6.45, 7) is 2.01. The van der Waals surface area contributed by atoms with Crippen LogP contribution in [-0.2, 0) is 7.05 Å². The molecule has 0 aliphatic heterocycles. The topological polar surface area (TPSA) is 65.1 Å². The number of benzene rings is 1. The van der Waals surface area contributed by atoms with Gasteiger partial charge < -0.3 is 4.74 Å². The van der Waals surface area contributed by atoms with Gasteiger partial charge in [-0.1, -0.05) is 12.1 Å². The van der Waals surface area contributed by atoms with Crippen LogP contribution in [0.25, 0.3) is 0 Å². The van der Waals surface area contributed by atoms with Gasteiger partial charge in [-0.3, -0.25) is 10.5 Å². The Bertz CT molecular complexity index is 536. The summed E-state index contributed by atoms with van der Waals surface area (Å²) in [6.07, 6.45) is 3.76. The summed E-state index contributed by atoms with van der Waals surface area (Å²) in [4.78, 5) is 0. The van der Waals surface area contributed by atoms with Gasteiger partial charge in [0.1, 0.15) is 5.75 Å². The minimum absolute atomic E-state index is 0.0664. The largest absolute Gasteiger partial charge is 0.496 e. The van der Waals surface area contributed by atoms with E-state index in [2.05, 4.69) is 16.6 Å². The Morgan fingerprint density at radius 2 is 2.17 bits per heavy atom. The third-order valence-corrected chi connectivity index (χ3v) is 2.98. The number of nitrogens with one attached hydrogen (secondary N) is 1. The van der Waals surface area contributed by atoms with Crippen LogP contribution in [0.2, 0.25) is 0 Å². The molecule has 0 saturated heterocycles. The van der Waals surface area contributed by atoms with Gasteiger partial charge in [-0.2, -0.15) is 5.10 Å². The van der Waals surface area contributed by atoms with Crippen molar-refractivity contribution in [3.05, 3.63) is 47.3 Å². The summed E-state index contributed by atoms with van der Waals surface area (Å²) in [6, 6.07) is 5.95. The van der Waals surface area contributed by atoms with E-state index in [1.807, 2.05) is 38.5 Å². The standard InChI is InChI=1S/C13H18N4O/c1-9-6-10(4-5-12(9)18-3)13(16-14)11-7-15-17(2)8-11/h4-8,13,16H,14H2,1-3H3. The molecule has 1 heterocycles. The lowest BCUT2D eigenvalue weighted by Gasteiger charge is -2.16. The Labute approximate surface area is 107 Å². The van der Waals surface area contributed by atoms with E-state index in [1.54, 1.807) is 11.8 Å². The fraction of sp³-hybridized carbons (Fsp3) is 0.308. The van der Waals surface area contributed by atoms with Gasteiger partial charge >= 0.3 is 0 Å². The molecule has 1 aromatic carbocycles. The third-order valence-electron chi connectivity index (χ3n) is 2.98. The molecule has 0 fully saturated rings. The number of rotatable bonds is 4. The highest BCUT2D eigenvalue weighted by Crippen LogP contribution is 2.25. The van der Waals surface area contributed by atoms with Crippen LogP contribution in [0, 0.1) is 6.92 Å². The first kappa shape index (κ1) is 12.6. The van der Waals surface area contributed by atoms with Gasteiger partial charge in [0.2, 0.25) is 0 Å². The van der Waals surface area contributed by atoms with Gasteiger partial charge in [-0.05, 0) is 24.1 Å². The summed E-state index contributed by atoms with van der Waals surface area (Å²) in [7, 11) is 3.55. The van der Waals surface area contributed by atoms with Crippen molar-refractivity contribution in [1.82, 2.24) is 15.2 Å². The first-order valence-corrected chi connectivity index (χ1v) is 5.75. The van der Waals surface area contributed by atoms with E-state index in [4.69, 9.17) is 10.6 Å². The summed E-state index contributed by atoms with van der Waals surface area (Å²) >= 11 is 0. The number of methoxy groups -OCH3 is 1. The van der Waals surface area contributed by atoms with Crippen LogP contribution < -0.4 is 16.0 Å². The van der Waals surface area contributed by atoms with Crippen molar-refractivity contribution < 1.29 is 4.74 Å². The van der Waals surface area contributed by atoms with E-state index in [9.17, 15) is 0 Å². The molecule has 1 aromatic heterocycles. The molecule has 2 aromatic rings. The first-order valence-electron chi connectivity index (χ1n) is 5.75. The minimum Gasteiger partial charge on any atom is -0.496 e. The second-order valence-electron chi connectivity index (χ2n) is 4.28. The number of hydrogen-bond acceptors (Lipinski definition) is 4. The van der Waals surface area contributed by atoms with Crippen LogP contribution in [-0.4, -0.2) is 16.9 Å². The quantitative estimate of drug-likeness (QED) is 0.630. The predicted molar refractivity (Wildman–Crippen MR) is 70.1 cm³/mol. The van der Waals surface area contributed by atoms with Crippen molar-refractivity contribution in [2.75, 3.05) is 7.11 Å². The molecule has 0 radical (unpaired) electrons. The molecule has 1 unspecified atom stereocenters. The number of hydrogen-bond donors (Lipinski definition) is 2. The van der Waals surface area contributed by atoms with Crippen molar-refractivity contribution in [3.8, 4) is 5.75 Å². The zero-order valence-electron chi connectivity index (χ0n) is 10.8. The summed E-state index contributed by atoms with van der Waals surface area (Å²) in [5.41, 5.74) is 6.02. The molecule has 0 saturated carbocycles. The molecule has 96 valence electrons. The fourth-order valence-corrected chi connectivity index (χ4v) is 2.06. The Balaban J connectivity index is 2.36. The number of ether oxygens (including phenoxy) is 1. The predicted octanol–water partition coefficient (Wildman–Crippen LogP) is 1.29. The Hall–Kier alpha value is -1.85. The Morgan fingerprint density at radius 1 is 1.39 bits per heavy atom.